The molecule has 0 aliphatic carbocycles. The average molecular weight is 293 g/mol. The van der Waals surface area contributed by atoms with Gasteiger partial charge in [0.1, 0.15) is 5.56 Å². The Labute approximate surface area is 123 Å². The second-order valence-corrected chi connectivity index (χ2v) is 5.64. The van der Waals surface area contributed by atoms with Gasteiger partial charge in [-0.2, -0.15) is 5.10 Å². The lowest BCUT2D eigenvalue weighted by atomic mass is 10.0. The summed E-state index contributed by atoms with van der Waals surface area (Å²) in [5.41, 5.74) is 2.30. The molecule has 1 heterocycles. The van der Waals surface area contributed by atoms with Crippen LogP contribution in [-0.2, 0) is 6.42 Å². The zero-order valence-corrected chi connectivity index (χ0v) is 12.5. The van der Waals surface area contributed by atoms with Crippen molar-refractivity contribution in [3.05, 3.63) is 46.2 Å². The van der Waals surface area contributed by atoms with Gasteiger partial charge in [-0.25, -0.2) is 9.48 Å². The van der Waals surface area contributed by atoms with Crippen LogP contribution in [0.3, 0.4) is 0 Å². The van der Waals surface area contributed by atoms with Crippen molar-refractivity contribution in [2.24, 2.45) is 5.92 Å². The summed E-state index contributed by atoms with van der Waals surface area (Å²) in [5, 5.41) is 14.5. The Hall–Kier alpha value is -1.81. The van der Waals surface area contributed by atoms with Gasteiger partial charge >= 0.3 is 5.97 Å². The van der Waals surface area contributed by atoms with Crippen LogP contribution in [0.2, 0.25) is 5.02 Å². The summed E-state index contributed by atoms with van der Waals surface area (Å²) in [5.74, 6) is -0.596. The maximum atomic E-state index is 11.5. The highest BCUT2D eigenvalue weighted by molar-refractivity contribution is 6.30. The van der Waals surface area contributed by atoms with Gasteiger partial charge in [0.2, 0.25) is 0 Å². The number of nitrogens with zero attached hydrogens (tertiary/aromatic N) is 2. The SMILES string of the molecule is Cc1c(C(=O)O)c(CC(C)C)nn1-c1cccc(Cl)c1. The molecule has 20 heavy (non-hydrogen) atoms. The van der Waals surface area contributed by atoms with Crippen LogP contribution < -0.4 is 0 Å². The number of halogens is 1. The molecule has 0 amide bonds. The van der Waals surface area contributed by atoms with E-state index in [1.807, 2.05) is 26.0 Å². The van der Waals surface area contributed by atoms with Crippen molar-refractivity contribution < 1.29 is 9.90 Å². The minimum Gasteiger partial charge on any atom is -0.478 e. The molecule has 0 radical (unpaired) electrons. The van der Waals surface area contributed by atoms with E-state index in [1.165, 1.54) is 0 Å². The Bertz CT molecular complexity index is 647. The van der Waals surface area contributed by atoms with Gasteiger partial charge in [-0.1, -0.05) is 31.5 Å². The third kappa shape index (κ3) is 2.85. The predicted octanol–water partition coefficient (Wildman–Crippen LogP) is 3.73. The van der Waals surface area contributed by atoms with Crippen LogP contribution in [0.1, 0.15) is 35.6 Å². The first-order chi connectivity index (χ1) is 9.40. The molecule has 4 nitrogen and oxygen atoms in total. The van der Waals surface area contributed by atoms with Gasteiger partial charge in [-0.15, -0.1) is 0 Å². The lowest BCUT2D eigenvalue weighted by Gasteiger charge is -2.04. The summed E-state index contributed by atoms with van der Waals surface area (Å²) in [7, 11) is 0. The second kappa shape index (κ2) is 5.67. The van der Waals surface area contributed by atoms with E-state index in [2.05, 4.69) is 5.10 Å². The third-order valence-electron chi connectivity index (χ3n) is 3.06. The lowest BCUT2D eigenvalue weighted by molar-refractivity contribution is 0.0694. The largest absolute Gasteiger partial charge is 0.478 e. The van der Waals surface area contributed by atoms with Crippen LogP contribution in [0.15, 0.2) is 24.3 Å². The summed E-state index contributed by atoms with van der Waals surface area (Å²) >= 11 is 5.98. The number of aromatic nitrogens is 2. The minimum atomic E-state index is -0.938. The number of carbonyl (C=O) groups is 1. The number of rotatable bonds is 4. The van der Waals surface area contributed by atoms with Crippen molar-refractivity contribution in [1.82, 2.24) is 9.78 Å². The number of benzene rings is 1. The molecule has 0 saturated heterocycles. The predicted molar refractivity (Wildman–Crippen MR) is 78.8 cm³/mol. The first kappa shape index (κ1) is 14.6. The minimum absolute atomic E-state index is 0.290. The van der Waals surface area contributed by atoms with E-state index in [0.717, 1.165) is 5.69 Å². The maximum absolute atomic E-state index is 11.5. The fourth-order valence-corrected chi connectivity index (χ4v) is 2.41. The molecule has 0 aliphatic rings. The first-order valence-corrected chi connectivity index (χ1v) is 6.85. The Morgan fingerprint density at radius 1 is 1.45 bits per heavy atom. The van der Waals surface area contributed by atoms with E-state index in [4.69, 9.17) is 11.6 Å². The van der Waals surface area contributed by atoms with Crippen molar-refractivity contribution in [3.63, 3.8) is 0 Å². The van der Waals surface area contributed by atoms with Crippen LogP contribution in [-0.4, -0.2) is 20.9 Å². The molecule has 0 spiro atoms. The zero-order chi connectivity index (χ0) is 14.9. The van der Waals surface area contributed by atoms with Crippen molar-refractivity contribution in [1.29, 1.82) is 0 Å². The summed E-state index contributed by atoms with van der Waals surface area (Å²) in [4.78, 5) is 11.5. The van der Waals surface area contributed by atoms with Gasteiger partial charge in [0, 0.05) is 5.02 Å². The lowest BCUT2D eigenvalue weighted by Crippen LogP contribution is -2.04. The molecule has 0 unspecified atom stereocenters. The number of hydrogen-bond acceptors (Lipinski definition) is 2. The van der Waals surface area contributed by atoms with Crippen LogP contribution in [0.25, 0.3) is 5.69 Å². The van der Waals surface area contributed by atoms with Crippen molar-refractivity contribution in [2.75, 3.05) is 0 Å². The molecule has 2 rings (SSSR count). The van der Waals surface area contributed by atoms with Gasteiger partial charge in [-0.3, -0.25) is 0 Å². The molecule has 5 heteroatoms. The molecule has 0 aliphatic heterocycles. The van der Waals surface area contributed by atoms with Gasteiger partial charge in [0.25, 0.3) is 0 Å². The Balaban J connectivity index is 2.58. The second-order valence-electron chi connectivity index (χ2n) is 5.20. The smallest absolute Gasteiger partial charge is 0.339 e. The number of carboxylic acid groups (broad SMARTS) is 1. The average Bonchev–Trinajstić information content (AvgIpc) is 2.65. The molecule has 0 bridgehead atoms. The summed E-state index contributed by atoms with van der Waals surface area (Å²) in [6, 6.07) is 7.22. The quantitative estimate of drug-likeness (QED) is 0.934. The normalized spacial score (nSPS) is 11.1. The molecule has 1 N–H and O–H groups in total. The van der Waals surface area contributed by atoms with Gasteiger partial charge < -0.3 is 5.11 Å². The molecule has 2 aromatic rings. The third-order valence-corrected chi connectivity index (χ3v) is 3.29. The number of hydrogen-bond donors (Lipinski definition) is 1. The Morgan fingerprint density at radius 2 is 2.15 bits per heavy atom. The number of aromatic carboxylic acids is 1. The first-order valence-electron chi connectivity index (χ1n) is 6.48. The van der Waals surface area contributed by atoms with Crippen molar-refractivity contribution >= 4 is 17.6 Å². The zero-order valence-electron chi connectivity index (χ0n) is 11.7. The van der Waals surface area contributed by atoms with Crippen molar-refractivity contribution in [2.45, 2.75) is 27.2 Å². The van der Waals surface area contributed by atoms with Gasteiger partial charge in [0.15, 0.2) is 0 Å². The number of carboxylic acids is 1. The molecular weight excluding hydrogens is 276 g/mol. The molecule has 0 atom stereocenters. The van der Waals surface area contributed by atoms with Gasteiger partial charge in [0.05, 0.1) is 17.1 Å². The Kier molecular flexibility index (Phi) is 4.14. The summed E-state index contributed by atoms with van der Waals surface area (Å²) in [6.45, 7) is 5.85. The highest BCUT2D eigenvalue weighted by Crippen LogP contribution is 2.22. The van der Waals surface area contributed by atoms with Crippen LogP contribution >= 0.6 is 11.6 Å². The Morgan fingerprint density at radius 3 is 2.70 bits per heavy atom. The van der Waals surface area contributed by atoms with E-state index in [0.29, 0.717) is 34.3 Å². The van der Waals surface area contributed by atoms with E-state index in [-0.39, 0.29) is 0 Å². The standard InChI is InChI=1S/C15H17ClN2O2/c1-9(2)7-13-14(15(19)20)10(3)18(17-13)12-6-4-5-11(16)8-12/h4-6,8-9H,7H2,1-3H3,(H,19,20). The molecular formula is C15H17ClN2O2. The highest BCUT2D eigenvalue weighted by Gasteiger charge is 2.21. The maximum Gasteiger partial charge on any atom is 0.339 e. The fraction of sp³-hybridized carbons (Fsp3) is 0.333. The van der Waals surface area contributed by atoms with E-state index >= 15 is 0 Å². The van der Waals surface area contributed by atoms with E-state index in [9.17, 15) is 9.90 Å². The summed E-state index contributed by atoms with van der Waals surface area (Å²) < 4.78 is 1.65. The molecule has 1 aromatic carbocycles. The molecule has 1 aromatic heterocycles. The monoisotopic (exact) mass is 292 g/mol. The van der Waals surface area contributed by atoms with Gasteiger partial charge in [-0.05, 0) is 37.5 Å². The van der Waals surface area contributed by atoms with E-state index in [1.54, 1.807) is 23.7 Å². The van der Waals surface area contributed by atoms with E-state index < -0.39 is 5.97 Å². The topological polar surface area (TPSA) is 55.1 Å². The van der Waals surface area contributed by atoms with Crippen LogP contribution in [0, 0.1) is 12.8 Å². The molecule has 0 saturated carbocycles. The highest BCUT2D eigenvalue weighted by atomic mass is 35.5. The van der Waals surface area contributed by atoms with Crippen LogP contribution in [0.5, 0.6) is 0 Å². The van der Waals surface area contributed by atoms with Crippen LogP contribution in [0.4, 0.5) is 0 Å². The molecule has 0 fully saturated rings. The summed E-state index contributed by atoms with van der Waals surface area (Å²) in [6.07, 6.45) is 0.635. The fourth-order valence-electron chi connectivity index (χ4n) is 2.23. The molecule has 106 valence electrons. The van der Waals surface area contributed by atoms with Crippen molar-refractivity contribution in [3.8, 4) is 5.69 Å².